The summed E-state index contributed by atoms with van der Waals surface area (Å²) in [5, 5.41) is 3.21. The lowest BCUT2D eigenvalue weighted by molar-refractivity contribution is 0.197. The van der Waals surface area contributed by atoms with Gasteiger partial charge in [0, 0.05) is 31.7 Å². The lowest BCUT2D eigenvalue weighted by atomic mass is 10.0. The van der Waals surface area contributed by atoms with Crippen molar-refractivity contribution in [2.75, 3.05) is 26.2 Å². The monoisotopic (exact) mass is 316 g/mol. The van der Waals surface area contributed by atoms with E-state index in [9.17, 15) is 8.78 Å². The summed E-state index contributed by atoms with van der Waals surface area (Å²) in [6, 6.07) is 2.23. The van der Waals surface area contributed by atoms with Crippen LogP contribution in [0.15, 0.2) is 29.3 Å². The maximum atomic E-state index is 14.1. The van der Waals surface area contributed by atoms with Crippen molar-refractivity contribution in [3.63, 3.8) is 0 Å². The fourth-order valence-corrected chi connectivity index (χ4v) is 2.57. The minimum atomic E-state index is -0.543. The number of benzene rings is 1. The Balaban J connectivity index is 2.37. The fourth-order valence-electron chi connectivity index (χ4n) is 2.22. The van der Waals surface area contributed by atoms with E-state index in [4.69, 9.17) is 0 Å². The molecular formula is C13H15BrF2N2. The van der Waals surface area contributed by atoms with Crippen LogP contribution < -0.4 is 5.32 Å². The van der Waals surface area contributed by atoms with E-state index in [0.717, 1.165) is 26.2 Å². The van der Waals surface area contributed by atoms with Gasteiger partial charge in [-0.1, -0.05) is 6.08 Å². The van der Waals surface area contributed by atoms with Gasteiger partial charge in [-0.25, -0.2) is 8.78 Å². The standard InChI is InChI=1S/C13H15BrF2N2/c1-2-11(18-7-5-17-6-8-18)12-10(15)4-3-9(14)13(12)16/h2-4,11,17H,1,5-8H2/t11-/m0/s1. The lowest BCUT2D eigenvalue weighted by Gasteiger charge is -2.33. The van der Waals surface area contributed by atoms with Crippen molar-refractivity contribution in [3.05, 3.63) is 46.5 Å². The largest absolute Gasteiger partial charge is 0.314 e. The normalized spacial score (nSPS) is 18.6. The molecule has 0 spiro atoms. The SMILES string of the molecule is C=C[C@@H](c1c(F)ccc(Br)c1F)N1CCNCC1. The predicted molar refractivity (Wildman–Crippen MR) is 71.4 cm³/mol. The topological polar surface area (TPSA) is 15.3 Å². The van der Waals surface area contributed by atoms with Crippen molar-refractivity contribution in [3.8, 4) is 0 Å². The molecule has 0 aromatic heterocycles. The van der Waals surface area contributed by atoms with Gasteiger partial charge < -0.3 is 5.32 Å². The molecule has 1 atom stereocenters. The Bertz CT molecular complexity index is 445. The molecule has 1 saturated heterocycles. The summed E-state index contributed by atoms with van der Waals surface area (Å²) in [5.41, 5.74) is 0.0706. The van der Waals surface area contributed by atoms with Crippen LogP contribution in [0.2, 0.25) is 0 Å². The van der Waals surface area contributed by atoms with Gasteiger partial charge in [0.1, 0.15) is 11.6 Å². The number of hydrogen-bond acceptors (Lipinski definition) is 2. The highest BCUT2D eigenvalue weighted by molar-refractivity contribution is 9.10. The van der Waals surface area contributed by atoms with Gasteiger partial charge in [0.25, 0.3) is 0 Å². The van der Waals surface area contributed by atoms with Crippen LogP contribution in [0.5, 0.6) is 0 Å². The smallest absolute Gasteiger partial charge is 0.145 e. The molecule has 1 heterocycles. The average Bonchev–Trinajstić information content (AvgIpc) is 2.40. The van der Waals surface area contributed by atoms with Gasteiger partial charge in [-0.2, -0.15) is 0 Å². The van der Waals surface area contributed by atoms with E-state index in [1.54, 1.807) is 6.08 Å². The second-order valence-corrected chi connectivity index (χ2v) is 5.08. The molecule has 0 unspecified atom stereocenters. The van der Waals surface area contributed by atoms with Crippen LogP contribution >= 0.6 is 15.9 Å². The average molecular weight is 317 g/mol. The molecule has 0 radical (unpaired) electrons. The Morgan fingerprint density at radius 1 is 1.33 bits per heavy atom. The summed E-state index contributed by atoms with van der Waals surface area (Å²) in [4.78, 5) is 2.03. The van der Waals surface area contributed by atoms with Crippen molar-refractivity contribution >= 4 is 15.9 Å². The van der Waals surface area contributed by atoms with Gasteiger partial charge in [-0.05, 0) is 28.1 Å². The van der Waals surface area contributed by atoms with E-state index in [2.05, 4.69) is 27.8 Å². The molecule has 1 aromatic carbocycles. The third kappa shape index (κ3) is 2.63. The van der Waals surface area contributed by atoms with E-state index < -0.39 is 17.7 Å². The van der Waals surface area contributed by atoms with E-state index >= 15 is 0 Å². The number of halogens is 3. The third-order valence-corrected chi connectivity index (χ3v) is 3.76. The number of rotatable bonds is 3. The van der Waals surface area contributed by atoms with Gasteiger partial charge in [-0.3, -0.25) is 4.90 Å². The van der Waals surface area contributed by atoms with Crippen LogP contribution in [0, 0.1) is 11.6 Å². The van der Waals surface area contributed by atoms with Crippen molar-refractivity contribution in [2.24, 2.45) is 0 Å². The van der Waals surface area contributed by atoms with Crippen LogP contribution in [0.1, 0.15) is 11.6 Å². The number of nitrogens with zero attached hydrogens (tertiary/aromatic N) is 1. The highest BCUT2D eigenvalue weighted by Crippen LogP contribution is 2.31. The Hall–Kier alpha value is -0.780. The van der Waals surface area contributed by atoms with Crippen LogP contribution in [-0.2, 0) is 0 Å². The van der Waals surface area contributed by atoms with Crippen molar-refractivity contribution in [2.45, 2.75) is 6.04 Å². The van der Waals surface area contributed by atoms with Gasteiger partial charge >= 0.3 is 0 Å². The summed E-state index contributed by atoms with van der Waals surface area (Å²) < 4.78 is 28.2. The summed E-state index contributed by atoms with van der Waals surface area (Å²) in [6.07, 6.45) is 1.60. The van der Waals surface area contributed by atoms with Gasteiger partial charge in [0.15, 0.2) is 0 Å². The first-order chi connectivity index (χ1) is 8.65. The first kappa shape index (κ1) is 13.6. The molecule has 5 heteroatoms. The summed E-state index contributed by atoms with van der Waals surface area (Å²) in [5.74, 6) is -1.07. The van der Waals surface area contributed by atoms with Crippen LogP contribution in [-0.4, -0.2) is 31.1 Å². The molecule has 1 aliphatic heterocycles. The van der Waals surface area contributed by atoms with E-state index in [-0.39, 0.29) is 10.0 Å². The maximum Gasteiger partial charge on any atom is 0.145 e. The molecule has 0 aliphatic carbocycles. The minimum Gasteiger partial charge on any atom is -0.314 e. The van der Waals surface area contributed by atoms with Crippen molar-refractivity contribution in [1.82, 2.24) is 10.2 Å². The summed E-state index contributed by atoms with van der Waals surface area (Å²) >= 11 is 3.09. The highest BCUT2D eigenvalue weighted by Gasteiger charge is 2.26. The molecule has 0 saturated carbocycles. The first-order valence-corrected chi connectivity index (χ1v) is 6.65. The number of nitrogens with one attached hydrogen (secondary N) is 1. The molecule has 1 aromatic rings. The molecule has 2 rings (SSSR count). The molecule has 0 bridgehead atoms. The molecular weight excluding hydrogens is 302 g/mol. The van der Waals surface area contributed by atoms with Gasteiger partial charge in [0.05, 0.1) is 10.5 Å². The predicted octanol–water partition coefficient (Wildman–Crippen LogP) is 2.86. The molecule has 2 nitrogen and oxygen atoms in total. The third-order valence-electron chi connectivity index (χ3n) is 3.14. The van der Waals surface area contributed by atoms with Crippen molar-refractivity contribution in [1.29, 1.82) is 0 Å². The van der Waals surface area contributed by atoms with Crippen LogP contribution in [0.4, 0.5) is 8.78 Å². The second kappa shape index (κ2) is 5.91. The molecule has 0 amide bonds. The zero-order chi connectivity index (χ0) is 13.1. The molecule has 1 fully saturated rings. The Kier molecular flexibility index (Phi) is 4.48. The Morgan fingerprint density at radius 2 is 2.00 bits per heavy atom. The molecule has 18 heavy (non-hydrogen) atoms. The first-order valence-electron chi connectivity index (χ1n) is 5.86. The maximum absolute atomic E-state index is 14.1. The summed E-state index contributed by atoms with van der Waals surface area (Å²) in [6.45, 7) is 6.86. The lowest BCUT2D eigenvalue weighted by Crippen LogP contribution is -2.45. The fraction of sp³-hybridized carbons (Fsp3) is 0.385. The molecule has 98 valence electrons. The zero-order valence-corrected chi connectivity index (χ0v) is 11.5. The summed E-state index contributed by atoms with van der Waals surface area (Å²) in [7, 11) is 0. The number of piperazine rings is 1. The van der Waals surface area contributed by atoms with Gasteiger partial charge in [0.2, 0.25) is 0 Å². The van der Waals surface area contributed by atoms with E-state index in [1.807, 2.05) is 4.90 Å². The Labute approximate surface area is 114 Å². The van der Waals surface area contributed by atoms with E-state index in [1.165, 1.54) is 12.1 Å². The highest BCUT2D eigenvalue weighted by atomic mass is 79.9. The molecule has 1 aliphatic rings. The molecule has 1 N–H and O–H groups in total. The zero-order valence-electron chi connectivity index (χ0n) is 9.93. The minimum absolute atomic E-state index is 0.0706. The second-order valence-electron chi connectivity index (χ2n) is 4.22. The van der Waals surface area contributed by atoms with Crippen LogP contribution in [0.25, 0.3) is 0 Å². The van der Waals surface area contributed by atoms with E-state index in [0.29, 0.717) is 0 Å². The van der Waals surface area contributed by atoms with Gasteiger partial charge in [-0.15, -0.1) is 6.58 Å². The van der Waals surface area contributed by atoms with Crippen LogP contribution in [0.3, 0.4) is 0 Å². The number of hydrogen-bond donors (Lipinski definition) is 1. The Morgan fingerprint density at radius 3 is 2.61 bits per heavy atom. The van der Waals surface area contributed by atoms with Crippen molar-refractivity contribution < 1.29 is 8.78 Å². The quantitative estimate of drug-likeness (QED) is 0.681.